The first-order valence-corrected chi connectivity index (χ1v) is 12.2. The van der Waals surface area contributed by atoms with Gasteiger partial charge in [0.1, 0.15) is 6.61 Å². The van der Waals surface area contributed by atoms with Crippen LogP contribution in [-0.4, -0.2) is 29.6 Å². The minimum absolute atomic E-state index is 0.141. The van der Waals surface area contributed by atoms with Gasteiger partial charge in [-0.05, 0) is 67.5 Å². The molecule has 0 unspecified atom stereocenters. The second-order valence-corrected chi connectivity index (χ2v) is 9.58. The van der Waals surface area contributed by atoms with Crippen LogP contribution < -0.4 is 9.47 Å². The highest BCUT2D eigenvalue weighted by atomic mass is 35.5. The van der Waals surface area contributed by atoms with Crippen molar-refractivity contribution in [3.8, 4) is 11.5 Å². The Hall–Kier alpha value is -2.83. The Bertz CT molecular complexity index is 1160. The van der Waals surface area contributed by atoms with Crippen LogP contribution in [0, 0.1) is 23.7 Å². The molecule has 0 N–H and O–H groups in total. The SMILES string of the molecule is CCOc1cc(/C=N\N2C(=O)[C@@H]3[C@H](C2=O)[C@@H]2C=C[C@H]3CC2)ccc1OCc1ccc(Cl)cc1Cl. The van der Waals surface area contributed by atoms with Gasteiger partial charge in [-0.3, -0.25) is 9.59 Å². The van der Waals surface area contributed by atoms with Crippen LogP contribution in [0.4, 0.5) is 0 Å². The summed E-state index contributed by atoms with van der Waals surface area (Å²) in [6.45, 7) is 2.58. The molecule has 6 rings (SSSR count). The molecule has 3 aliphatic carbocycles. The third kappa shape index (κ3) is 4.21. The molecule has 0 radical (unpaired) electrons. The minimum Gasteiger partial charge on any atom is -0.490 e. The number of nitrogens with zero attached hydrogens (tertiary/aromatic N) is 2. The van der Waals surface area contributed by atoms with Gasteiger partial charge in [-0.15, -0.1) is 0 Å². The highest BCUT2D eigenvalue weighted by molar-refractivity contribution is 6.35. The Labute approximate surface area is 208 Å². The Balaban J connectivity index is 1.32. The first kappa shape index (κ1) is 22.9. The molecule has 4 aliphatic rings. The lowest BCUT2D eigenvalue weighted by atomic mass is 9.63. The maximum absolute atomic E-state index is 12.9. The minimum atomic E-state index is -0.275. The molecule has 2 amide bonds. The number of hydrogen-bond donors (Lipinski definition) is 0. The highest BCUT2D eigenvalue weighted by Gasteiger charge is 2.56. The summed E-state index contributed by atoms with van der Waals surface area (Å²) in [5, 5.41) is 6.42. The van der Waals surface area contributed by atoms with Crippen molar-refractivity contribution in [2.24, 2.45) is 28.8 Å². The molecule has 2 fully saturated rings. The number of rotatable bonds is 7. The van der Waals surface area contributed by atoms with E-state index in [2.05, 4.69) is 17.3 Å². The van der Waals surface area contributed by atoms with Gasteiger partial charge < -0.3 is 9.47 Å². The van der Waals surface area contributed by atoms with Gasteiger partial charge in [-0.2, -0.15) is 10.1 Å². The van der Waals surface area contributed by atoms with Crippen molar-refractivity contribution in [1.29, 1.82) is 0 Å². The summed E-state index contributed by atoms with van der Waals surface area (Å²) in [7, 11) is 0. The Morgan fingerprint density at radius 1 is 0.971 bits per heavy atom. The van der Waals surface area contributed by atoms with Gasteiger partial charge in [0.05, 0.1) is 24.7 Å². The first-order valence-electron chi connectivity index (χ1n) is 11.4. The summed E-state index contributed by atoms with van der Waals surface area (Å²) in [6, 6.07) is 10.6. The molecule has 1 saturated heterocycles. The maximum Gasteiger partial charge on any atom is 0.254 e. The van der Waals surface area contributed by atoms with Crippen molar-refractivity contribution in [2.75, 3.05) is 6.61 Å². The van der Waals surface area contributed by atoms with Gasteiger partial charge in [0, 0.05) is 15.6 Å². The standard InChI is InChI=1S/C26H24Cl2N2O4/c1-2-33-22-11-15(3-10-21(22)34-14-18-8-9-19(27)12-20(18)28)13-29-30-25(31)23-16-4-5-17(7-6-16)24(23)26(30)32/h3-5,8-13,16-17,23-24H,2,6-7,14H2,1H3/b29-13-/t16-,17+,23-,24+. The molecule has 0 aromatic heterocycles. The van der Waals surface area contributed by atoms with E-state index >= 15 is 0 Å². The van der Waals surface area contributed by atoms with E-state index in [0.717, 1.165) is 23.4 Å². The fraction of sp³-hybridized carbons (Fsp3) is 0.346. The van der Waals surface area contributed by atoms with E-state index in [4.69, 9.17) is 32.7 Å². The van der Waals surface area contributed by atoms with Gasteiger partial charge in [-0.1, -0.05) is 41.4 Å². The van der Waals surface area contributed by atoms with E-state index in [1.165, 1.54) is 6.21 Å². The summed E-state index contributed by atoms with van der Waals surface area (Å²) >= 11 is 12.2. The third-order valence-corrected chi connectivity index (χ3v) is 7.31. The van der Waals surface area contributed by atoms with E-state index in [-0.39, 0.29) is 42.1 Å². The van der Waals surface area contributed by atoms with Gasteiger partial charge in [-0.25, -0.2) is 0 Å². The van der Waals surface area contributed by atoms with Crippen molar-refractivity contribution in [3.05, 3.63) is 69.7 Å². The largest absolute Gasteiger partial charge is 0.490 e. The topological polar surface area (TPSA) is 68.2 Å². The zero-order valence-electron chi connectivity index (χ0n) is 18.6. The second-order valence-electron chi connectivity index (χ2n) is 8.74. The number of fused-ring (bicyclic) bond motifs is 1. The van der Waals surface area contributed by atoms with Crippen molar-refractivity contribution >= 4 is 41.2 Å². The molecule has 176 valence electrons. The summed E-state index contributed by atoms with van der Waals surface area (Å²) in [5.41, 5.74) is 1.49. The number of ether oxygens (including phenoxy) is 2. The monoisotopic (exact) mass is 498 g/mol. The maximum atomic E-state index is 12.9. The van der Waals surface area contributed by atoms with E-state index in [0.29, 0.717) is 33.7 Å². The average molecular weight is 499 g/mol. The number of carbonyl (C=O) groups is 2. The predicted molar refractivity (Wildman–Crippen MR) is 130 cm³/mol. The number of imide groups is 1. The number of benzene rings is 2. The quantitative estimate of drug-likeness (QED) is 0.287. The molecule has 34 heavy (non-hydrogen) atoms. The smallest absolute Gasteiger partial charge is 0.254 e. The molecule has 0 spiro atoms. The highest BCUT2D eigenvalue weighted by Crippen LogP contribution is 2.49. The molecule has 6 nitrogen and oxygen atoms in total. The molecule has 2 aromatic carbocycles. The number of amides is 2. The number of halogens is 2. The van der Waals surface area contributed by atoms with E-state index in [9.17, 15) is 9.59 Å². The van der Waals surface area contributed by atoms with Crippen molar-refractivity contribution in [2.45, 2.75) is 26.4 Å². The molecular weight excluding hydrogens is 475 g/mol. The van der Waals surface area contributed by atoms with Crippen LogP contribution in [0.15, 0.2) is 53.7 Å². The number of hydrazone groups is 1. The molecule has 1 saturated carbocycles. The van der Waals surface area contributed by atoms with Gasteiger partial charge in [0.15, 0.2) is 11.5 Å². The first-order chi connectivity index (χ1) is 16.5. The molecule has 2 aromatic rings. The zero-order chi connectivity index (χ0) is 23.8. The second kappa shape index (κ2) is 9.43. The van der Waals surface area contributed by atoms with Crippen LogP contribution in [0.5, 0.6) is 11.5 Å². The van der Waals surface area contributed by atoms with Gasteiger partial charge in [0.25, 0.3) is 11.8 Å². The third-order valence-electron chi connectivity index (χ3n) is 6.72. The fourth-order valence-electron chi connectivity index (χ4n) is 5.08. The lowest BCUT2D eigenvalue weighted by molar-refractivity contribution is -0.140. The van der Waals surface area contributed by atoms with Crippen LogP contribution in [-0.2, 0) is 16.2 Å². The Morgan fingerprint density at radius 3 is 2.29 bits per heavy atom. The van der Waals surface area contributed by atoms with Crippen LogP contribution in [0.2, 0.25) is 10.0 Å². The lowest BCUT2D eigenvalue weighted by Crippen LogP contribution is -2.38. The number of allylic oxidation sites excluding steroid dienone is 2. The summed E-state index contributed by atoms with van der Waals surface area (Å²) in [4.78, 5) is 25.9. The number of carbonyl (C=O) groups excluding carboxylic acids is 2. The number of hydrogen-bond acceptors (Lipinski definition) is 5. The molecule has 1 aliphatic heterocycles. The van der Waals surface area contributed by atoms with Crippen LogP contribution in [0.1, 0.15) is 30.9 Å². The molecule has 4 atom stereocenters. The van der Waals surface area contributed by atoms with Crippen LogP contribution in [0.3, 0.4) is 0 Å². The fourth-order valence-corrected chi connectivity index (χ4v) is 5.55. The van der Waals surface area contributed by atoms with Crippen LogP contribution >= 0.6 is 23.2 Å². The lowest BCUT2D eigenvalue weighted by Gasteiger charge is -2.37. The molecular formula is C26H24Cl2N2O4. The van der Waals surface area contributed by atoms with E-state index in [1.807, 2.05) is 13.0 Å². The normalized spacial score (nSPS) is 25.3. The Morgan fingerprint density at radius 2 is 1.68 bits per heavy atom. The van der Waals surface area contributed by atoms with Gasteiger partial charge >= 0.3 is 0 Å². The average Bonchev–Trinajstić information content (AvgIpc) is 3.11. The molecule has 2 bridgehead atoms. The predicted octanol–water partition coefficient (Wildman–Crippen LogP) is 5.50. The van der Waals surface area contributed by atoms with Crippen molar-refractivity contribution in [1.82, 2.24) is 5.01 Å². The molecule has 1 heterocycles. The summed E-state index contributed by atoms with van der Waals surface area (Å²) in [5.74, 6) is 0.415. The Kier molecular flexibility index (Phi) is 6.36. The van der Waals surface area contributed by atoms with E-state index in [1.54, 1.807) is 30.3 Å². The zero-order valence-corrected chi connectivity index (χ0v) is 20.1. The van der Waals surface area contributed by atoms with Crippen molar-refractivity contribution in [3.63, 3.8) is 0 Å². The summed E-state index contributed by atoms with van der Waals surface area (Å²) in [6.07, 6.45) is 7.62. The molecule has 8 heteroatoms. The van der Waals surface area contributed by atoms with Crippen LogP contribution in [0.25, 0.3) is 0 Å². The van der Waals surface area contributed by atoms with Gasteiger partial charge in [0.2, 0.25) is 0 Å². The summed E-state index contributed by atoms with van der Waals surface area (Å²) < 4.78 is 11.7. The van der Waals surface area contributed by atoms with Crippen molar-refractivity contribution < 1.29 is 19.1 Å². The van der Waals surface area contributed by atoms with E-state index < -0.39 is 0 Å².